The Balaban J connectivity index is 1.02. The lowest BCUT2D eigenvalue weighted by Gasteiger charge is -2.21. The Morgan fingerprint density at radius 2 is 0.619 bits per heavy atom. The monoisotopic (exact) mass is 1090 g/mol. The summed E-state index contributed by atoms with van der Waals surface area (Å²) in [5, 5.41) is 3.90. The predicted molar refractivity (Wildman–Crippen MR) is 339 cm³/mol. The van der Waals surface area contributed by atoms with Gasteiger partial charge in [0.2, 0.25) is 0 Å². The molecule has 0 atom stereocenters. The standard InChI is InChI=1S/C77H49F3N4/c78-77(79,80)68-37-36-61(83-71-38-31-56(50-19-7-1-8-20-50)43-64(71)65-44-57(32-39-72(65)83)51-21-9-2-10-22-51)48-62(68)63-47-60(70-49-69(54-27-15-5-16-28-54)81-76(82-70)55-29-17-6-18-30-55)35-42-73(63)84-74-40-33-58(52-23-11-3-12-24-52)45-66(74)67-46-59(34-41-75(67)84)53-25-13-4-14-26-53/h1-49H. The molecule has 0 bridgehead atoms. The predicted octanol–water partition coefficient (Wildman–Crippen LogP) is 21.0. The highest BCUT2D eigenvalue weighted by atomic mass is 19.4. The molecule has 0 unspecified atom stereocenters. The molecule has 0 saturated carbocycles. The van der Waals surface area contributed by atoms with Crippen LogP contribution in [0.3, 0.4) is 0 Å². The molecule has 0 fully saturated rings. The number of rotatable bonds is 10. The summed E-state index contributed by atoms with van der Waals surface area (Å²) in [6.07, 6.45) is -4.76. The largest absolute Gasteiger partial charge is 0.417 e. The lowest BCUT2D eigenvalue weighted by Crippen LogP contribution is -2.10. The SMILES string of the molecule is FC(F)(F)c1ccc(-n2c3ccc(-c4ccccc4)cc3c3cc(-c4ccccc4)ccc32)cc1-c1cc(-c2cc(-c3ccccc3)nc(-c3ccccc3)n2)ccc1-n1c2ccc(-c3ccccc3)cc2c2cc(-c3ccccc3)ccc21. The van der Waals surface area contributed by atoms with Gasteiger partial charge >= 0.3 is 6.18 Å². The third-order valence-corrected chi connectivity index (χ3v) is 16.2. The smallest absolute Gasteiger partial charge is 0.309 e. The van der Waals surface area contributed by atoms with Crippen LogP contribution in [-0.2, 0) is 6.18 Å². The summed E-state index contributed by atoms with van der Waals surface area (Å²) in [6, 6.07) is 98.7. The van der Waals surface area contributed by atoms with Crippen molar-refractivity contribution in [2.75, 3.05) is 0 Å². The maximum Gasteiger partial charge on any atom is 0.417 e. The summed E-state index contributed by atoms with van der Waals surface area (Å²) < 4.78 is 53.4. The second kappa shape index (κ2) is 20.6. The Morgan fingerprint density at radius 1 is 0.262 bits per heavy atom. The number of alkyl halides is 3. The zero-order valence-electron chi connectivity index (χ0n) is 45.2. The van der Waals surface area contributed by atoms with E-state index < -0.39 is 11.7 Å². The highest BCUT2D eigenvalue weighted by Gasteiger charge is 2.35. The Bertz CT molecular complexity index is 4710. The van der Waals surface area contributed by atoms with Gasteiger partial charge in [0.25, 0.3) is 0 Å². The molecule has 398 valence electrons. The van der Waals surface area contributed by atoms with Gasteiger partial charge in [-0.05, 0) is 135 Å². The molecule has 0 aliphatic rings. The maximum absolute atomic E-state index is 16.4. The summed E-state index contributed by atoms with van der Waals surface area (Å²) in [6.45, 7) is 0. The summed E-state index contributed by atoms with van der Waals surface area (Å²) in [4.78, 5) is 10.3. The van der Waals surface area contributed by atoms with E-state index in [1.165, 1.54) is 6.07 Å². The highest BCUT2D eigenvalue weighted by molar-refractivity contribution is 6.13. The van der Waals surface area contributed by atoms with Crippen LogP contribution in [0.5, 0.6) is 0 Å². The van der Waals surface area contributed by atoms with E-state index in [0.717, 1.165) is 99.2 Å². The molecule has 0 aliphatic carbocycles. The summed E-state index contributed by atoms with van der Waals surface area (Å²) >= 11 is 0. The van der Waals surface area contributed by atoms with Crippen LogP contribution < -0.4 is 0 Å². The van der Waals surface area contributed by atoms with E-state index in [4.69, 9.17) is 9.97 Å². The Hall–Kier alpha value is -10.9. The normalized spacial score (nSPS) is 11.8. The van der Waals surface area contributed by atoms with Crippen molar-refractivity contribution < 1.29 is 13.2 Å². The molecule has 15 aromatic rings. The molecule has 0 saturated heterocycles. The van der Waals surface area contributed by atoms with Crippen LogP contribution in [0, 0.1) is 0 Å². The lowest BCUT2D eigenvalue weighted by molar-refractivity contribution is -0.137. The number of aromatic nitrogens is 4. The Morgan fingerprint density at radius 3 is 1.02 bits per heavy atom. The van der Waals surface area contributed by atoms with E-state index in [2.05, 4.69) is 130 Å². The molecule has 4 nitrogen and oxygen atoms in total. The summed E-state index contributed by atoms with van der Waals surface area (Å²) in [5.74, 6) is 0.499. The van der Waals surface area contributed by atoms with Gasteiger partial charge in [0.15, 0.2) is 5.82 Å². The fourth-order valence-corrected chi connectivity index (χ4v) is 12.1. The quantitative estimate of drug-likeness (QED) is 0.137. The molecule has 84 heavy (non-hydrogen) atoms. The first-order valence-electron chi connectivity index (χ1n) is 28.0. The van der Waals surface area contributed by atoms with Gasteiger partial charge in [-0.1, -0.05) is 212 Å². The van der Waals surface area contributed by atoms with Crippen molar-refractivity contribution in [2.45, 2.75) is 6.18 Å². The molecular weight excluding hydrogens is 1040 g/mol. The Labute approximate surface area is 483 Å². The second-order valence-corrected chi connectivity index (χ2v) is 21.2. The molecule has 0 amide bonds. The van der Waals surface area contributed by atoms with Gasteiger partial charge in [0.1, 0.15) is 0 Å². The molecule has 0 aliphatic heterocycles. The van der Waals surface area contributed by atoms with E-state index in [9.17, 15) is 0 Å². The van der Waals surface area contributed by atoms with Crippen LogP contribution in [-0.4, -0.2) is 19.1 Å². The lowest BCUT2D eigenvalue weighted by atomic mass is 9.93. The fraction of sp³-hybridized carbons (Fsp3) is 0.0130. The topological polar surface area (TPSA) is 35.6 Å². The number of hydrogen-bond acceptors (Lipinski definition) is 2. The van der Waals surface area contributed by atoms with Crippen LogP contribution >= 0.6 is 0 Å². The van der Waals surface area contributed by atoms with Crippen molar-refractivity contribution in [3.05, 3.63) is 303 Å². The van der Waals surface area contributed by atoms with E-state index in [-0.39, 0.29) is 5.56 Å². The number of fused-ring (bicyclic) bond motifs is 6. The number of nitrogens with zero attached hydrogens (tertiary/aromatic N) is 4. The molecule has 12 aromatic carbocycles. The van der Waals surface area contributed by atoms with Gasteiger partial charge in [0.05, 0.1) is 44.7 Å². The molecule has 7 heteroatoms. The van der Waals surface area contributed by atoms with Crippen molar-refractivity contribution in [3.8, 4) is 101 Å². The third kappa shape index (κ3) is 9.00. The second-order valence-electron chi connectivity index (χ2n) is 21.2. The van der Waals surface area contributed by atoms with Gasteiger partial charge in [-0.2, -0.15) is 13.2 Å². The number of halogens is 3. The number of hydrogen-bond donors (Lipinski definition) is 0. The average molecular weight is 1090 g/mol. The van der Waals surface area contributed by atoms with E-state index >= 15 is 13.2 Å². The minimum absolute atomic E-state index is 0.0195. The van der Waals surface area contributed by atoms with E-state index in [1.54, 1.807) is 12.1 Å². The molecule has 3 heterocycles. The first kappa shape index (κ1) is 50.1. The van der Waals surface area contributed by atoms with Crippen molar-refractivity contribution in [1.82, 2.24) is 19.1 Å². The van der Waals surface area contributed by atoms with E-state index in [1.807, 2.05) is 158 Å². The van der Waals surface area contributed by atoms with Gasteiger partial charge in [-0.25, -0.2) is 9.97 Å². The van der Waals surface area contributed by atoms with Crippen LogP contribution in [0.4, 0.5) is 13.2 Å². The molecule has 0 spiro atoms. The van der Waals surface area contributed by atoms with Gasteiger partial charge in [-0.15, -0.1) is 0 Å². The number of benzene rings is 12. The average Bonchev–Trinajstić information content (AvgIpc) is 1.79. The molecule has 15 rings (SSSR count). The van der Waals surface area contributed by atoms with Crippen molar-refractivity contribution in [2.24, 2.45) is 0 Å². The van der Waals surface area contributed by atoms with Crippen LogP contribution in [0.2, 0.25) is 0 Å². The van der Waals surface area contributed by atoms with Crippen LogP contribution in [0.1, 0.15) is 5.56 Å². The molecule has 0 radical (unpaired) electrons. The zero-order chi connectivity index (χ0) is 56.3. The van der Waals surface area contributed by atoms with Gasteiger partial charge in [-0.3, -0.25) is 0 Å². The maximum atomic E-state index is 16.4. The van der Waals surface area contributed by atoms with E-state index in [0.29, 0.717) is 39.7 Å². The first-order valence-corrected chi connectivity index (χ1v) is 28.0. The summed E-state index contributed by atoms with van der Waals surface area (Å²) in [7, 11) is 0. The van der Waals surface area contributed by atoms with Crippen LogP contribution in [0.15, 0.2) is 297 Å². The fourth-order valence-electron chi connectivity index (χ4n) is 12.1. The Kier molecular flexibility index (Phi) is 12.3. The minimum Gasteiger partial charge on any atom is -0.309 e. The highest BCUT2D eigenvalue weighted by Crippen LogP contribution is 2.47. The third-order valence-electron chi connectivity index (χ3n) is 16.2. The van der Waals surface area contributed by atoms with Crippen molar-refractivity contribution in [1.29, 1.82) is 0 Å². The zero-order valence-corrected chi connectivity index (χ0v) is 45.2. The minimum atomic E-state index is -4.76. The first-order chi connectivity index (χ1) is 41.3. The summed E-state index contributed by atoms with van der Waals surface area (Å²) in [5.41, 5.74) is 16.2. The molecule has 3 aromatic heterocycles. The molecular formula is C77H49F3N4. The van der Waals surface area contributed by atoms with Gasteiger partial charge in [0, 0.05) is 49.5 Å². The van der Waals surface area contributed by atoms with Gasteiger partial charge < -0.3 is 9.13 Å². The van der Waals surface area contributed by atoms with Crippen molar-refractivity contribution in [3.63, 3.8) is 0 Å². The van der Waals surface area contributed by atoms with Crippen LogP contribution in [0.25, 0.3) is 145 Å². The molecule has 0 N–H and O–H groups in total. The van der Waals surface area contributed by atoms with Crippen molar-refractivity contribution >= 4 is 43.6 Å².